The highest BCUT2D eigenvalue weighted by molar-refractivity contribution is 5.24. The lowest BCUT2D eigenvalue weighted by Gasteiger charge is -2.26. The molecule has 1 aromatic carbocycles. The van der Waals surface area contributed by atoms with Crippen LogP contribution in [0.15, 0.2) is 24.3 Å². The summed E-state index contributed by atoms with van der Waals surface area (Å²) in [6, 6.07) is 9.12. The maximum absolute atomic E-state index is 2.38. The summed E-state index contributed by atoms with van der Waals surface area (Å²) in [5.74, 6) is 1.79. The van der Waals surface area contributed by atoms with Crippen molar-refractivity contribution in [1.82, 2.24) is 0 Å². The molecule has 1 fully saturated rings. The fraction of sp³-hybridized carbons (Fsp3) is 0.625. The highest BCUT2D eigenvalue weighted by atomic mass is 14.2. The van der Waals surface area contributed by atoms with Crippen molar-refractivity contribution in [3.8, 4) is 0 Å². The second-order valence-electron chi connectivity index (χ2n) is 4.87. The molecule has 0 spiro atoms. The van der Waals surface area contributed by atoms with E-state index in [-0.39, 0.29) is 0 Å². The fourth-order valence-electron chi connectivity index (χ4n) is 2.43. The summed E-state index contributed by atoms with van der Waals surface area (Å²) in [6.07, 6.45) is 5.62. The Hall–Kier alpha value is -0.780. The zero-order valence-electron chi connectivity index (χ0n) is 11.3. The van der Waals surface area contributed by atoms with Gasteiger partial charge in [-0.15, -0.1) is 0 Å². The number of hydrogen-bond donors (Lipinski definition) is 0. The normalized spacial score (nSPS) is 24.5. The molecule has 1 saturated carbocycles. The van der Waals surface area contributed by atoms with Gasteiger partial charge in [-0.3, -0.25) is 0 Å². The van der Waals surface area contributed by atoms with Crippen molar-refractivity contribution < 1.29 is 0 Å². The summed E-state index contributed by atoms with van der Waals surface area (Å²) >= 11 is 0. The van der Waals surface area contributed by atoms with Crippen LogP contribution in [-0.4, -0.2) is 0 Å². The first-order valence-electron chi connectivity index (χ1n) is 6.82. The summed E-state index contributed by atoms with van der Waals surface area (Å²) in [7, 11) is 0. The molecule has 0 aliphatic heterocycles. The Morgan fingerprint density at radius 1 is 0.875 bits per heavy atom. The average molecular weight is 218 g/mol. The van der Waals surface area contributed by atoms with Crippen LogP contribution in [0.3, 0.4) is 0 Å². The van der Waals surface area contributed by atoms with Gasteiger partial charge >= 0.3 is 0 Å². The molecule has 16 heavy (non-hydrogen) atoms. The predicted octanol–water partition coefficient (Wildman–Crippen LogP) is 5.31. The first-order chi connectivity index (χ1) is 7.75. The molecule has 0 radical (unpaired) electrons. The standard InChI is InChI=1S/C14H20.C2H6/c1-11-3-7-13(8-4-11)14-9-5-12(2)6-10-14;1-2/h3-4,7-8,12,14H,5-6,9-10H2,1-2H3;1-2H3. The van der Waals surface area contributed by atoms with Crippen LogP contribution < -0.4 is 0 Å². The van der Waals surface area contributed by atoms with E-state index < -0.39 is 0 Å². The molecule has 1 aliphatic carbocycles. The Morgan fingerprint density at radius 3 is 1.88 bits per heavy atom. The molecule has 1 aromatic rings. The molecule has 0 atom stereocenters. The minimum absolute atomic E-state index is 0.840. The van der Waals surface area contributed by atoms with E-state index in [0.717, 1.165) is 11.8 Å². The molecule has 0 heteroatoms. The van der Waals surface area contributed by atoms with E-state index in [1.54, 1.807) is 5.56 Å². The molecule has 0 N–H and O–H groups in total. The van der Waals surface area contributed by atoms with Crippen molar-refractivity contribution in [3.63, 3.8) is 0 Å². The zero-order chi connectivity index (χ0) is 12.0. The third kappa shape index (κ3) is 3.66. The van der Waals surface area contributed by atoms with E-state index in [4.69, 9.17) is 0 Å². The highest BCUT2D eigenvalue weighted by Gasteiger charge is 2.19. The van der Waals surface area contributed by atoms with Gasteiger partial charge in [0.25, 0.3) is 0 Å². The number of hydrogen-bond acceptors (Lipinski definition) is 0. The highest BCUT2D eigenvalue weighted by Crippen LogP contribution is 2.35. The topological polar surface area (TPSA) is 0 Å². The van der Waals surface area contributed by atoms with Gasteiger partial charge in [0.1, 0.15) is 0 Å². The maximum Gasteiger partial charge on any atom is -0.0162 e. The van der Waals surface area contributed by atoms with Crippen molar-refractivity contribution >= 4 is 0 Å². The van der Waals surface area contributed by atoms with E-state index in [1.165, 1.54) is 31.2 Å². The zero-order valence-corrected chi connectivity index (χ0v) is 11.3. The molecular weight excluding hydrogens is 192 g/mol. The summed E-state index contributed by atoms with van der Waals surface area (Å²) < 4.78 is 0. The maximum atomic E-state index is 2.38. The second kappa shape index (κ2) is 6.73. The fourth-order valence-corrected chi connectivity index (χ4v) is 2.43. The summed E-state index contributed by atoms with van der Waals surface area (Å²) in [6.45, 7) is 8.54. The average Bonchev–Trinajstić information content (AvgIpc) is 2.34. The quantitative estimate of drug-likeness (QED) is 0.599. The third-order valence-corrected chi connectivity index (χ3v) is 3.56. The van der Waals surface area contributed by atoms with Gasteiger partial charge in [-0.05, 0) is 37.2 Å². The third-order valence-electron chi connectivity index (χ3n) is 3.56. The smallest absolute Gasteiger partial charge is 0.0162 e. The van der Waals surface area contributed by atoms with Crippen molar-refractivity contribution in [2.24, 2.45) is 5.92 Å². The van der Waals surface area contributed by atoms with Crippen LogP contribution in [0.5, 0.6) is 0 Å². The Balaban J connectivity index is 0.000000606. The molecule has 0 saturated heterocycles. The van der Waals surface area contributed by atoms with Gasteiger partial charge in [0.2, 0.25) is 0 Å². The van der Waals surface area contributed by atoms with E-state index in [9.17, 15) is 0 Å². The molecule has 2 rings (SSSR count). The van der Waals surface area contributed by atoms with Crippen LogP contribution >= 0.6 is 0 Å². The molecular formula is C16H26. The molecule has 0 aromatic heterocycles. The lowest BCUT2D eigenvalue weighted by Crippen LogP contribution is -2.10. The Bertz CT molecular complexity index is 275. The van der Waals surface area contributed by atoms with Gasteiger partial charge in [-0.25, -0.2) is 0 Å². The van der Waals surface area contributed by atoms with Crippen LogP contribution in [0, 0.1) is 12.8 Å². The second-order valence-corrected chi connectivity index (χ2v) is 4.87. The van der Waals surface area contributed by atoms with Gasteiger partial charge in [0.15, 0.2) is 0 Å². The van der Waals surface area contributed by atoms with Crippen LogP contribution in [0.1, 0.15) is 63.5 Å². The molecule has 0 heterocycles. The summed E-state index contributed by atoms with van der Waals surface area (Å²) in [5, 5.41) is 0. The van der Waals surface area contributed by atoms with Crippen LogP contribution in [0.2, 0.25) is 0 Å². The van der Waals surface area contributed by atoms with Gasteiger partial charge in [-0.2, -0.15) is 0 Å². The lowest BCUT2D eigenvalue weighted by atomic mass is 9.79. The molecule has 0 amide bonds. The largest absolute Gasteiger partial charge is 0.0683 e. The van der Waals surface area contributed by atoms with Crippen molar-refractivity contribution in [1.29, 1.82) is 0 Å². The van der Waals surface area contributed by atoms with E-state index in [0.29, 0.717) is 0 Å². The minimum atomic E-state index is 0.840. The molecule has 0 nitrogen and oxygen atoms in total. The molecule has 1 aliphatic rings. The van der Waals surface area contributed by atoms with Crippen molar-refractivity contribution in [2.75, 3.05) is 0 Å². The molecule has 90 valence electrons. The number of rotatable bonds is 1. The van der Waals surface area contributed by atoms with Crippen LogP contribution in [-0.2, 0) is 0 Å². The van der Waals surface area contributed by atoms with E-state index in [2.05, 4.69) is 38.1 Å². The Kier molecular flexibility index (Phi) is 5.59. The Morgan fingerprint density at radius 2 is 1.38 bits per heavy atom. The predicted molar refractivity (Wildman–Crippen MR) is 72.9 cm³/mol. The van der Waals surface area contributed by atoms with Gasteiger partial charge in [-0.1, -0.05) is 63.4 Å². The van der Waals surface area contributed by atoms with Crippen molar-refractivity contribution in [3.05, 3.63) is 35.4 Å². The molecule has 0 bridgehead atoms. The number of aryl methyl sites for hydroxylation is 1. The monoisotopic (exact) mass is 218 g/mol. The lowest BCUT2D eigenvalue weighted by molar-refractivity contribution is 0.348. The van der Waals surface area contributed by atoms with E-state index in [1.807, 2.05) is 13.8 Å². The SMILES string of the molecule is CC.Cc1ccc(C2CCC(C)CC2)cc1. The van der Waals surface area contributed by atoms with Gasteiger partial charge < -0.3 is 0 Å². The van der Waals surface area contributed by atoms with Gasteiger partial charge in [0, 0.05) is 0 Å². The minimum Gasteiger partial charge on any atom is -0.0683 e. The van der Waals surface area contributed by atoms with E-state index >= 15 is 0 Å². The first-order valence-corrected chi connectivity index (χ1v) is 6.82. The summed E-state index contributed by atoms with van der Waals surface area (Å²) in [5.41, 5.74) is 2.93. The van der Waals surface area contributed by atoms with Gasteiger partial charge in [0.05, 0.1) is 0 Å². The summed E-state index contributed by atoms with van der Waals surface area (Å²) in [4.78, 5) is 0. The van der Waals surface area contributed by atoms with Crippen LogP contribution in [0.4, 0.5) is 0 Å². The van der Waals surface area contributed by atoms with Crippen LogP contribution in [0.25, 0.3) is 0 Å². The van der Waals surface area contributed by atoms with Crippen molar-refractivity contribution in [2.45, 2.75) is 59.3 Å². The first kappa shape index (κ1) is 13.3. The Labute approximate surface area is 101 Å². The number of benzene rings is 1. The molecule has 0 unspecified atom stereocenters.